The van der Waals surface area contributed by atoms with Crippen molar-refractivity contribution in [3.8, 4) is 11.5 Å². The third-order valence-electron chi connectivity index (χ3n) is 4.78. The summed E-state index contributed by atoms with van der Waals surface area (Å²) >= 11 is 11.8. The number of carbonyl (C=O) groups is 2. The van der Waals surface area contributed by atoms with Crippen LogP contribution in [0.3, 0.4) is 0 Å². The lowest BCUT2D eigenvalue weighted by Gasteiger charge is -2.20. The van der Waals surface area contributed by atoms with Gasteiger partial charge in [-0.3, -0.25) is 9.69 Å². The fourth-order valence-electron chi connectivity index (χ4n) is 3.20. The Bertz CT molecular complexity index is 1200. The topological polar surface area (TPSA) is 76.1 Å². The normalized spacial score (nSPS) is 16.1. The van der Waals surface area contributed by atoms with Crippen LogP contribution in [0, 0.1) is 0 Å². The minimum atomic E-state index is -4.75. The van der Waals surface area contributed by atoms with E-state index in [-0.39, 0.29) is 38.8 Å². The van der Waals surface area contributed by atoms with Crippen LogP contribution in [0.5, 0.6) is 11.5 Å². The number of hydrogen-bond donors (Lipinski definition) is 1. The quantitative estimate of drug-likeness (QED) is 0.303. The van der Waals surface area contributed by atoms with Crippen molar-refractivity contribution in [3.63, 3.8) is 0 Å². The van der Waals surface area contributed by atoms with Crippen LogP contribution in [0.4, 0.5) is 18.9 Å². The summed E-state index contributed by atoms with van der Waals surface area (Å²) < 4.78 is 51.8. The summed E-state index contributed by atoms with van der Waals surface area (Å²) in [4.78, 5) is 25.3. The third-order valence-corrected chi connectivity index (χ3v) is 6.32. The van der Waals surface area contributed by atoms with E-state index in [9.17, 15) is 27.9 Å². The predicted octanol–water partition coefficient (Wildman–Crippen LogP) is 6.41. The molecule has 1 saturated heterocycles. The number of carboxylic acids is 1. The molecule has 1 aliphatic heterocycles. The molecule has 35 heavy (non-hydrogen) atoms. The van der Waals surface area contributed by atoms with Crippen molar-refractivity contribution < 1.29 is 37.3 Å². The van der Waals surface area contributed by atoms with E-state index < -0.39 is 35.4 Å². The lowest BCUT2D eigenvalue weighted by atomic mass is 10.1. The summed E-state index contributed by atoms with van der Waals surface area (Å²) in [5.41, 5.74) is -1.01. The van der Waals surface area contributed by atoms with Gasteiger partial charge in [-0.05, 0) is 55.3 Å². The maximum Gasteiger partial charge on any atom is 0.418 e. The number of nitrogens with zero attached hydrogens (tertiary/aromatic N) is 1. The fraction of sp³-hybridized carbons (Fsp3) is 0.261. The summed E-state index contributed by atoms with van der Waals surface area (Å²) in [6.45, 7) is 3.67. The van der Waals surface area contributed by atoms with Crippen molar-refractivity contribution in [3.05, 3.63) is 57.5 Å². The summed E-state index contributed by atoms with van der Waals surface area (Å²) in [7, 11) is 0. The molecule has 1 fully saturated rings. The number of amides is 1. The van der Waals surface area contributed by atoms with Crippen molar-refractivity contribution >= 4 is 63.5 Å². The predicted molar refractivity (Wildman–Crippen MR) is 132 cm³/mol. The number of benzene rings is 2. The van der Waals surface area contributed by atoms with E-state index in [4.69, 9.17) is 33.3 Å². The van der Waals surface area contributed by atoms with Gasteiger partial charge < -0.3 is 14.6 Å². The third kappa shape index (κ3) is 6.09. The van der Waals surface area contributed by atoms with Gasteiger partial charge in [0.25, 0.3) is 5.91 Å². The van der Waals surface area contributed by atoms with E-state index in [1.807, 2.05) is 0 Å². The van der Waals surface area contributed by atoms with E-state index in [1.54, 1.807) is 26.0 Å². The average molecular weight is 546 g/mol. The van der Waals surface area contributed by atoms with Crippen molar-refractivity contribution in [2.45, 2.75) is 32.5 Å². The van der Waals surface area contributed by atoms with E-state index in [0.29, 0.717) is 5.56 Å². The van der Waals surface area contributed by atoms with Crippen molar-refractivity contribution in [2.75, 3.05) is 11.5 Å². The Morgan fingerprint density at radius 2 is 1.94 bits per heavy atom. The number of rotatable bonds is 8. The van der Waals surface area contributed by atoms with Crippen molar-refractivity contribution in [1.29, 1.82) is 0 Å². The standard InChI is InChI=1S/C23H19ClF3NO5S2/c1-3-16(21(30)31)33-17-8-5-12(9-18(17)32-4-2)10-19-20(29)28(22(34)35-19)15-7-6-13(24)11-14(15)23(25,26)27/h5-11,16H,3-4H2,1-2H3,(H,30,31)/b19-10+. The molecule has 1 unspecified atom stereocenters. The SMILES string of the molecule is CCOc1cc(/C=C2/SC(=S)N(c3ccc(Cl)cc3C(F)(F)F)C2=O)ccc1OC(CC)C(=O)O. The molecule has 0 aromatic heterocycles. The van der Waals surface area contributed by atoms with E-state index >= 15 is 0 Å². The van der Waals surface area contributed by atoms with Gasteiger partial charge in [-0.2, -0.15) is 13.2 Å². The lowest BCUT2D eigenvalue weighted by Crippen LogP contribution is -2.29. The van der Waals surface area contributed by atoms with Crippen LogP contribution < -0.4 is 14.4 Å². The molecular formula is C23H19ClF3NO5S2. The first-order chi connectivity index (χ1) is 16.5. The Morgan fingerprint density at radius 3 is 2.54 bits per heavy atom. The highest BCUT2D eigenvalue weighted by Gasteiger charge is 2.41. The first-order valence-electron chi connectivity index (χ1n) is 10.3. The average Bonchev–Trinajstić information content (AvgIpc) is 3.05. The number of carboxylic acid groups (broad SMARTS) is 1. The molecule has 3 rings (SSSR count). The second kappa shape index (κ2) is 10.9. The first kappa shape index (κ1) is 26.8. The van der Waals surface area contributed by atoms with Crippen LogP contribution >= 0.6 is 35.6 Å². The van der Waals surface area contributed by atoms with Crippen LogP contribution in [0.1, 0.15) is 31.4 Å². The highest BCUT2D eigenvalue weighted by atomic mass is 35.5. The maximum absolute atomic E-state index is 13.6. The lowest BCUT2D eigenvalue weighted by molar-refractivity contribution is -0.145. The number of aliphatic carboxylic acids is 1. The summed E-state index contributed by atoms with van der Waals surface area (Å²) in [6.07, 6.45) is -4.13. The maximum atomic E-state index is 13.6. The molecule has 1 aliphatic rings. The molecule has 0 bridgehead atoms. The van der Waals surface area contributed by atoms with Gasteiger partial charge in [0.1, 0.15) is 0 Å². The van der Waals surface area contributed by atoms with Gasteiger partial charge in [-0.15, -0.1) is 0 Å². The molecule has 12 heteroatoms. The Hall–Kier alpha value is -2.76. The van der Waals surface area contributed by atoms with E-state index in [1.165, 1.54) is 18.2 Å². The van der Waals surface area contributed by atoms with Gasteiger partial charge in [0.2, 0.25) is 0 Å². The van der Waals surface area contributed by atoms with Crippen LogP contribution in [-0.2, 0) is 15.8 Å². The van der Waals surface area contributed by atoms with Gasteiger partial charge in [-0.25, -0.2) is 4.79 Å². The van der Waals surface area contributed by atoms with Gasteiger partial charge in [0.15, 0.2) is 21.9 Å². The smallest absolute Gasteiger partial charge is 0.418 e. The van der Waals surface area contributed by atoms with Crippen molar-refractivity contribution in [1.82, 2.24) is 0 Å². The zero-order valence-electron chi connectivity index (χ0n) is 18.4. The minimum absolute atomic E-state index is 0.0636. The monoisotopic (exact) mass is 545 g/mol. The Balaban J connectivity index is 1.95. The Labute approximate surface area is 213 Å². The second-order valence-corrected chi connectivity index (χ2v) is 9.28. The van der Waals surface area contributed by atoms with Gasteiger partial charge in [-0.1, -0.05) is 48.6 Å². The number of carbonyl (C=O) groups excluding carboxylic acids is 1. The number of hydrogen-bond acceptors (Lipinski definition) is 6. The molecule has 0 saturated carbocycles. The summed E-state index contributed by atoms with van der Waals surface area (Å²) in [5.74, 6) is -1.37. The molecule has 186 valence electrons. The molecule has 0 spiro atoms. The molecule has 1 N–H and O–H groups in total. The van der Waals surface area contributed by atoms with Crippen LogP contribution in [-0.4, -0.2) is 34.0 Å². The van der Waals surface area contributed by atoms with E-state index in [0.717, 1.165) is 28.8 Å². The van der Waals surface area contributed by atoms with Crippen LogP contribution in [0.15, 0.2) is 41.3 Å². The number of thiocarbonyl (C=S) groups is 1. The molecule has 1 atom stereocenters. The molecule has 2 aromatic carbocycles. The Kier molecular flexibility index (Phi) is 8.34. The largest absolute Gasteiger partial charge is 0.490 e. The zero-order chi connectivity index (χ0) is 25.9. The molecule has 2 aromatic rings. The van der Waals surface area contributed by atoms with Crippen LogP contribution in [0.25, 0.3) is 6.08 Å². The summed E-state index contributed by atoms with van der Waals surface area (Å²) in [6, 6.07) is 7.72. The van der Waals surface area contributed by atoms with Gasteiger partial charge >= 0.3 is 12.1 Å². The summed E-state index contributed by atoms with van der Waals surface area (Å²) in [5, 5.41) is 9.12. The van der Waals surface area contributed by atoms with Gasteiger partial charge in [0.05, 0.1) is 22.8 Å². The number of halogens is 4. The molecule has 0 radical (unpaired) electrons. The zero-order valence-corrected chi connectivity index (χ0v) is 20.8. The van der Waals surface area contributed by atoms with E-state index in [2.05, 4.69) is 0 Å². The molecule has 6 nitrogen and oxygen atoms in total. The van der Waals surface area contributed by atoms with Gasteiger partial charge in [0, 0.05) is 5.02 Å². The fourth-order valence-corrected chi connectivity index (χ4v) is 4.66. The van der Waals surface area contributed by atoms with Crippen LogP contribution in [0.2, 0.25) is 5.02 Å². The number of alkyl halides is 3. The number of ether oxygens (including phenoxy) is 2. The number of anilines is 1. The highest BCUT2D eigenvalue weighted by molar-refractivity contribution is 8.27. The second-order valence-electron chi connectivity index (χ2n) is 7.17. The molecule has 1 amide bonds. The minimum Gasteiger partial charge on any atom is -0.490 e. The Morgan fingerprint density at radius 1 is 1.23 bits per heavy atom. The van der Waals surface area contributed by atoms with Crippen molar-refractivity contribution in [2.24, 2.45) is 0 Å². The first-order valence-corrected chi connectivity index (χ1v) is 11.9. The molecule has 1 heterocycles. The molecule has 0 aliphatic carbocycles. The molecular weight excluding hydrogens is 527 g/mol. The number of thioether (sulfide) groups is 1. The highest BCUT2D eigenvalue weighted by Crippen LogP contribution is 2.43.